The zero-order chi connectivity index (χ0) is 22.7. The Morgan fingerprint density at radius 2 is 1.72 bits per heavy atom. The molecule has 1 aromatic heterocycles. The number of thiazole rings is 1. The van der Waals surface area contributed by atoms with E-state index in [2.05, 4.69) is 10.3 Å². The normalized spacial score (nSPS) is 17.1. The molecule has 0 aliphatic carbocycles. The number of anilines is 1. The summed E-state index contributed by atoms with van der Waals surface area (Å²) in [5.41, 5.74) is 1.84. The van der Waals surface area contributed by atoms with Crippen LogP contribution in [0.25, 0.3) is 11.3 Å². The summed E-state index contributed by atoms with van der Waals surface area (Å²) in [6.07, 6.45) is 2.38. The van der Waals surface area contributed by atoms with E-state index >= 15 is 0 Å². The number of hydrogen-bond acceptors (Lipinski definition) is 6. The summed E-state index contributed by atoms with van der Waals surface area (Å²) >= 11 is 1.13. The Balaban J connectivity index is 1.61. The molecule has 9 heteroatoms. The van der Waals surface area contributed by atoms with Crippen molar-refractivity contribution in [2.45, 2.75) is 12.8 Å². The van der Waals surface area contributed by atoms with Crippen molar-refractivity contribution in [3.05, 3.63) is 71.1 Å². The van der Waals surface area contributed by atoms with Crippen molar-refractivity contribution in [2.24, 2.45) is 5.92 Å². The third kappa shape index (κ3) is 4.95. The Bertz CT molecular complexity index is 1220. The predicted octanol–water partition coefficient (Wildman–Crippen LogP) is 3.65. The van der Waals surface area contributed by atoms with Crippen molar-refractivity contribution in [1.82, 2.24) is 9.29 Å². The van der Waals surface area contributed by atoms with Crippen LogP contribution >= 0.6 is 11.3 Å². The fraction of sp³-hybridized carbons (Fsp3) is 0.261. The first-order valence-electron chi connectivity index (χ1n) is 10.2. The molecule has 4 rings (SSSR count). The molecule has 0 spiro atoms. The van der Waals surface area contributed by atoms with Crippen molar-refractivity contribution in [1.29, 1.82) is 0 Å². The van der Waals surface area contributed by atoms with Crippen LogP contribution in [0, 0.1) is 5.92 Å². The largest absolute Gasteiger partial charge is 0.302 e. The number of amides is 1. The SMILES string of the molecule is CS(=O)(=O)N1CCCC(C(=O)Nc2nc(-c3ccccc3)c(C(=O)c3ccccc3)s2)C1. The molecule has 0 bridgehead atoms. The Hall–Kier alpha value is -2.88. The summed E-state index contributed by atoms with van der Waals surface area (Å²) in [4.78, 5) is 31.1. The number of sulfonamides is 1. The highest BCUT2D eigenvalue weighted by Gasteiger charge is 2.31. The molecule has 1 amide bonds. The highest BCUT2D eigenvalue weighted by molar-refractivity contribution is 7.88. The highest BCUT2D eigenvalue weighted by Crippen LogP contribution is 2.33. The van der Waals surface area contributed by atoms with E-state index in [9.17, 15) is 18.0 Å². The molecule has 2 heterocycles. The van der Waals surface area contributed by atoms with Gasteiger partial charge in [-0.3, -0.25) is 9.59 Å². The predicted molar refractivity (Wildman–Crippen MR) is 125 cm³/mol. The van der Waals surface area contributed by atoms with Gasteiger partial charge in [0.1, 0.15) is 4.88 Å². The Labute approximate surface area is 191 Å². The third-order valence-electron chi connectivity index (χ3n) is 5.37. The van der Waals surface area contributed by atoms with E-state index in [1.54, 1.807) is 24.3 Å². The third-order valence-corrected chi connectivity index (χ3v) is 7.61. The van der Waals surface area contributed by atoms with Gasteiger partial charge >= 0.3 is 0 Å². The first-order chi connectivity index (χ1) is 15.3. The zero-order valence-electron chi connectivity index (χ0n) is 17.5. The number of aromatic nitrogens is 1. The molecule has 3 aromatic rings. The maximum absolute atomic E-state index is 13.2. The molecular formula is C23H23N3O4S2. The van der Waals surface area contributed by atoms with Crippen LogP contribution in [0.15, 0.2) is 60.7 Å². The van der Waals surface area contributed by atoms with Crippen molar-refractivity contribution in [2.75, 3.05) is 24.7 Å². The van der Waals surface area contributed by atoms with Crippen LogP contribution in [-0.2, 0) is 14.8 Å². The number of rotatable bonds is 6. The second kappa shape index (κ2) is 9.32. The fourth-order valence-electron chi connectivity index (χ4n) is 3.70. The molecule has 1 unspecified atom stereocenters. The van der Waals surface area contributed by atoms with E-state index in [0.29, 0.717) is 40.7 Å². The topological polar surface area (TPSA) is 96.4 Å². The maximum Gasteiger partial charge on any atom is 0.230 e. The molecule has 1 atom stereocenters. The lowest BCUT2D eigenvalue weighted by Crippen LogP contribution is -2.43. The molecule has 0 radical (unpaired) electrons. The van der Waals surface area contributed by atoms with Crippen LogP contribution in [0.1, 0.15) is 28.1 Å². The van der Waals surface area contributed by atoms with Gasteiger partial charge in [-0.2, -0.15) is 0 Å². The van der Waals surface area contributed by atoms with Gasteiger partial charge in [0.2, 0.25) is 21.7 Å². The van der Waals surface area contributed by atoms with E-state index < -0.39 is 15.9 Å². The maximum atomic E-state index is 13.2. The van der Waals surface area contributed by atoms with Gasteiger partial charge in [-0.05, 0) is 12.8 Å². The molecule has 2 aromatic carbocycles. The van der Waals surface area contributed by atoms with Crippen LogP contribution in [0.2, 0.25) is 0 Å². The number of ketones is 1. The number of carbonyl (C=O) groups excluding carboxylic acids is 2. The Kier molecular flexibility index (Phi) is 6.50. The van der Waals surface area contributed by atoms with Crippen molar-refractivity contribution in [3.8, 4) is 11.3 Å². The number of carbonyl (C=O) groups is 2. The molecule has 166 valence electrons. The lowest BCUT2D eigenvalue weighted by atomic mass is 9.99. The van der Waals surface area contributed by atoms with Crippen molar-refractivity contribution >= 4 is 38.2 Å². The van der Waals surface area contributed by atoms with Gasteiger partial charge in [-0.25, -0.2) is 17.7 Å². The van der Waals surface area contributed by atoms with Crippen LogP contribution in [0.5, 0.6) is 0 Å². The van der Waals surface area contributed by atoms with Gasteiger partial charge in [0.15, 0.2) is 5.13 Å². The lowest BCUT2D eigenvalue weighted by molar-refractivity contribution is -0.120. The molecule has 32 heavy (non-hydrogen) atoms. The molecule has 1 aliphatic heterocycles. The summed E-state index contributed by atoms with van der Waals surface area (Å²) < 4.78 is 25.1. The molecule has 0 saturated carbocycles. The lowest BCUT2D eigenvalue weighted by Gasteiger charge is -2.29. The highest BCUT2D eigenvalue weighted by atomic mass is 32.2. The van der Waals surface area contributed by atoms with Crippen LogP contribution in [0.4, 0.5) is 5.13 Å². The summed E-state index contributed by atoms with van der Waals surface area (Å²) in [5, 5.41) is 3.14. The molecular weight excluding hydrogens is 446 g/mol. The van der Waals surface area contributed by atoms with Gasteiger partial charge in [-0.1, -0.05) is 72.0 Å². The number of hydrogen-bond donors (Lipinski definition) is 1. The first kappa shape index (κ1) is 22.3. The van der Waals surface area contributed by atoms with Crippen LogP contribution < -0.4 is 5.32 Å². The number of piperidine rings is 1. The molecule has 1 fully saturated rings. The number of nitrogens with one attached hydrogen (secondary N) is 1. The first-order valence-corrected chi connectivity index (χ1v) is 12.9. The molecule has 1 aliphatic rings. The molecule has 1 saturated heterocycles. The van der Waals surface area contributed by atoms with Gasteiger partial charge in [0.05, 0.1) is 17.9 Å². The van der Waals surface area contributed by atoms with Crippen molar-refractivity contribution in [3.63, 3.8) is 0 Å². The summed E-state index contributed by atoms with van der Waals surface area (Å²) in [6, 6.07) is 18.3. The average Bonchev–Trinajstić information content (AvgIpc) is 3.23. The quantitative estimate of drug-likeness (QED) is 0.556. The Morgan fingerprint density at radius 1 is 1.06 bits per heavy atom. The molecule has 1 N–H and O–H groups in total. The monoisotopic (exact) mass is 469 g/mol. The van der Waals surface area contributed by atoms with Gasteiger partial charge in [-0.15, -0.1) is 0 Å². The van der Waals surface area contributed by atoms with E-state index in [1.807, 2.05) is 36.4 Å². The van der Waals surface area contributed by atoms with E-state index in [4.69, 9.17) is 0 Å². The minimum atomic E-state index is -3.35. The smallest absolute Gasteiger partial charge is 0.230 e. The summed E-state index contributed by atoms with van der Waals surface area (Å²) in [6.45, 7) is 0.575. The van der Waals surface area contributed by atoms with E-state index in [-0.39, 0.29) is 18.2 Å². The second-order valence-electron chi connectivity index (χ2n) is 7.71. The van der Waals surface area contributed by atoms with Gasteiger partial charge in [0.25, 0.3) is 0 Å². The second-order valence-corrected chi connectivity index (χ2v) is 10.7. The Morgan fingerprint density at radius 3 is 2.38 bits per heavy atom. The van der Waals surface area contributed by atoms with Crippen LogP contribution in [-0.4, -0.2) is 48.7 Å². The van der Waals surface area contributed by atoms with E-state index in [0.717, 1.165) is 23.2 Å². The minimum absolute atomic E-state index is 0.150. The van der Waals surface area contributed by atoms with Gasteiger partial charge in [0, 0.05) is 24.2 Å². The van der Waals surface area contributed by atoms with E-state index in [1.165, 1.54) is 4.31 Å². The van der Waals surface area contributed by atoms with Crippen LogP contribution in [0.3, 0.4) is 0 Å². The average molecular weight is 470 g/mol. The van der Waals surface area contributed by atoms with Gasteiger partial charge < -0.3 is 5.32 Å². The number of nitrogens with zero attached hydrogens (tertiary/aromatic N) is 2. The summed E-state index contributed by atoms with van der Waals surface area (Å²) in [5.74, 6) is -0.912. The van der Waals surface area contributed by atoms with Crippen molar-refractivity contribution < 1.29 is 18.0 Å². The number of benzene rings is 2. The zero-order valence-corrected chi connectivity index (χ0v) is 19.2. The molecule has 7 nitrogen and oxygen atoms in total. The minimum Gasteiger partial charge on any atom is -0.302 e. The fourth-order valence-corrected chi connectivity index (χ4v) is 5.57. The standard InChI is InChI=1S/C23H23N3O4S2/c1-32(29,30)26-14-8-13-18(15-26)22(28)25-23-24-19(16-9-4-2-5-10-16)21(31-23)20(27)17-11-6-3-7-12-17/h2-7,9-12,18H,8,13-15H2,1H3,(H,24,25,28). The summed E-state index contributed by atoms with van der Waals surface area (Å²) in [7, 11) is -3.35.